The summed E-state index contributed by atoms with van der Waals surface area (Å²) in [6.45, 7) is 1.59. The lowest BCUT2D eigenvalue weighted by Crippen LogP contribution is -2.08. The molecule has 0 saturated carbocycles. The number of halogens is 1. The topological polar surface area (TPSA) is 63.2 Å². The fourth-order valence-corrected chi connectivity index (χ4v) is 2.85. The number of hydrogen-bond acceptors (Lipinski definition) is 3. The van der Waals surface area contributed by atoms with Gasteiger partial charge in [0.05, 0.1) is 10.6 Å². The molecular weight excluding hydrogens is 334 g/mol. The van der Waals surface area contributed by atoms with E-state index in [1.165, 1.54) is 18.2 Å². The highest BCUT2D eigenvalue weighted by atomic mass is 35.5. The largest absolute Gasteiger partial charge is 0.323 e. The van der Waals surface area contributed by atoms with Gasteiger partial charge in [0, 0.05) is 16.8 Å². The molecule has 23 heavy (non-hydrogen) atoms. The minimum atomic E-state index is -3.23. The quantitative estimate of drug-likeness (QED) is 0.835. The smallest absolute Gasteiger partial charge is 0.248 e. The van der Waals surface area contributed by atoms with Crippen molar-refractivity contribution in [2.75, 3.05) is 11.1 Å². The minimum absolute atomic E-state index is 0.0442. The van der Waals surface area contributed by atoms with E-state index in [1.54, 1.807) is 49.4 Å². The Morgan fingerprint density at radius 2 is 1.70 bits per heavy atom. The van der Waals surface area contributed by atoms with Crippen molar-refractivity contribution in [3.8, 4) is 0 Å². The van der Waals surface area contributed by atoms with Crippen molar-refractivity contribution < 1.29 is 13.2 Å². The van der Waals surface area contributed by atoms with Crippen LogP contribution in [0, 0.1) is 0 Å². The summed E-state index contributed by atoms with van der Waals surface area (Å²) >= 11 is 5.79. The molecule has 0 unspecified atom stereocenters. The van der Waals surface area contributed by atoms with Gasteiger partial charge in [-0.25, -0.2) is 8.42 Å². The van der Waals surface area contributed by atoms with Gasteiger partial charge in [-0.05, 0) is 48.0 Å². The molecule has 0 atom stereocenters. The molecule has 0 spiro atoms. The van der Waals surface area contributed by atoms with Crippen LogP contribution in [0.3, 0.4) is 0 Å². The lowest BCUT2D eigenvalue weighted by molar-refractivity contribution is -0.111. The lowest BCUT2D eigenvalue weighted by atomic mass is 10.2. The highest BCUT2D eigenvalue weighted by molar-refractivity contribution is 7.91. The van der Waals surface area contributed by atoms with E-state index in [2.05, 4.69) is 5.32 Å². The molecule has 0 saturated heterocycles. The summed E-state index contributed by atoms with van der Waals surface area (Å²) < 4.78 is 23.4. The molecule has 1 N–H and O–H groups in total. The zero-order chi connectivity index (χ0) is 16.9. The zero-order valence-electron chi connectivity index (χ0n) is 12.5. The Morgan fingerprint density at radius 1 is 1.09 bits per heavy atom. The molecule has 0 radical (unpaired) electrons. The van der Waals surface area contributed by atoms with Crippen LogP contribution in [0.25, 0.3) is 6.08 Å². The maximum Gasteiger partial charge on any atom is 0.248 e. The number of anilines is 1. The van der Waals surface area contributed by atoms with Crippen molar-refractivity contribution in [2.45, 2.75) is 11.8 Å². The summed E-state index contributed by atoms with van der Waals surface area (Å²) in [6.07, 6.45) is 3.07. The summed E-state index contributed by atoms with van der Waals surface area (Å²) in [7, 11) is -3.23. The van der Waals surface area contributed by atoms with Crippen molar-refractivity contribution in [1.29, 1.82) is 0 Å². The van der Waals surface area contributed by atoms with Gasteiger partial charge < -0.3 is 5.32 Å². The molecule has 0 bridgehead atoms. The number of sulfone groups is 1. The third kappa shape index (κ3) is 4.94. The van der Waals surface area contributed by atoms with Crippen LogP contribution < -0.4 is 5.32 Å². The fourth-order valence-electron chi connectivity index (χ4n) is 1.84. The Balaban J connectivity index is 2.01. The van der Waals surface area contributed by atoms with Gasteiger partial charge in [0.25, 0.3) is 0 Å². The maximum absolute atomic E-state index is 11.8. The average Bonchev–Trinajstić information content (AvgIpc) is 2.55. The Hall–Kier alpha value is -2.11. The standard InChI is InChI=1S/C17H16ClNO3S/c1-2-23(21,22)16-10-8-15(9-11-16)19-17(20)12-5-13-3-6-14(18)7-4-13/h3-12H,2H2,1H3,(H,19,20)/b12-5+. The van der Waals surface area contributed by atoms with Gasteiger partial charge in [0.2, 0.25) is 5.91 Å². The van der Waals surface area contributed by atoms with Crippen LogP contribution >= 0.6 is 11.6 Å². The Labute approximate surface area is 140 Å². The molecular formula is C17H16ClNO3S. The van der Waals surface area contributed by atoms with Crippen LogP contribution in [0.5, 0.6) is 0 Å². The van der Waals surface area contributed by atoms with Crippen molar-refractivity contribution in [3.63, 3.8) is 0 Å². The third-order valence-corrected chi connectivity index (χ3v) is 5.16. The molecule has 1 amide bonds. The number of rotatable bonds is 5. The zero-order valence-corrected chi connectivity index (χ0v) is 14.1. The Bertz CT molecular complexity index is 810. The molecule has 0 aliphatic rings. The number of carbonyl (C=O) groups is 1. The van der Waals surface area contributed by atoms with Crippen LogP contribution in [0.15, 0.2) is 59.5 Å². The summed E-state index contributed by atoms with van der Waals surface area (Å²) in [4.78, 5) is 12.1. The van der Waals surface area contributed by atoms with Crippen molar-refractivity contribution in [1.82, 2.24) is 0 Å². The first-order chi connectivity index (χ1) is 10.9. The molecule has 0 fully saturated rings. The van der Waals surface area contributed by atoms with E-state index in [0.717, 1.165) is 5.56 Å². The van der Waals surface area contributed by atoms with Crippen molar-refractivity contribution in [3.05, 3.63) is 65.2 Å². The van der Waals surface area contributed by atoms with Crippen molar-refractivity contribution in [2.24, 2.45) is 0 Å². The Morgan fingerprint density at radius 3 is 2.26 bits per heavy atom. The van der Waals surface area contributed by atoms with Crippen LogP contribution in [0.2, 0.25) is 5.02 Å². The van der Waals surface area contributed by atoms with E-state index in [4.69, 9.17) is 11.6 Å². The molecule has 0 heterocycles. The van der Waals surface area contributed by atoms with E-state index < -0.39 is 9.84 Å². The van der Waals surface area contributed by atoms with Gasteiger partial charge in [0.15, 0.2) is 9.84 Å². The highest BCUT2D eigenvalue weighted by Crippen LogP contribution is 2.15. The average molecular weight is 350 g/mol. The molecule has 0 aromatic heterocycles. The minimum Gasteiger partial charge on any atom is -0.323 e. The monoisotopic (exact) mass is 349 g/mol. The van der Waals surface area contributed by atoms with E-state index in [9.17, 15) is 13.2 Å². The molecule has 0 aliphatic carbocycles. The molecule has 2 aromatic carbocycles. The molecule has 6 heteroatoms. The number of carbonyl (C=O) groups excluding carboxylic acids is 1. The summed E-state index contributed by atoms with van der Waals surface area (Å²) in [6, 6.07) is 13.2. The van der Waals surface area contributed by atoms with Crippen LogP contribution in [0.1, 0.15) is 12.5 Å². The second kappa shape index (κ2) is 7.44. The fraction of sp³-hybridized carbons (Fsp3) is 0.118. The van der Waals surface area contributed by atoms with E-state index >= 15 is 0 Å². The highest BCUT2D eigenvalue weighted by Gasteiger charge is 2.10. The number of nitrogens with one attached hydrogen (secondary N) is 1. The first kappa shape index (κ1) is 17.2. The third-order valence-electron chi connectivity index (χ3n) is 3.16. The van der Waals surface area contributed by atoms with Gasteiger partial charge in [-0.15, -0.1) is 0 Å². The predicted octanol–water partition coefficient (Wildman–Crippen LogP) is 3.79. The SMILES string of the molecule is CCS(=O)(=O)c1ccc(NC(=O)/C=C/c2ccc(Cl)cc2)cc1. The van der Waals surface area contributed by atoms with Gasteiger partial charge in [-0.2, -0.15) is 0 Å². The first-order valence-corrected chi connectivity index (χ1v) is 9.01. The molecule has 4 nitrogen and oxygen atoms in total. The van der Waals surface area contributed by atoms with Crippen LogP contribution in [0.4, 0.5) is 5.69 Å². The van der Waals surface area contributed by atoms with Crippen LogP contribution in [-0.4, -0.2) is 20.1 Å². The van der Waals surface area contributed by atoms with Gasteiger partial charge in [0.1, 0.15) is 0 Å². The maximum atomic E-state index is 11.8. The van der Waals surface area contributed by atoms with Crippen LogP contribution in [-0.2, 0) is 14.6 Å². The predicted molar refractivity (Wildman–Crippen MR) is 93.3 cm³/mol. The normalized spacial score (nSPS) is 11.6. The van der Waals surface area contributed by atoms with Gasteiger partial charge in [-0.3, -0.25) is 4.79 Å². The van der Waals surface area contributed by atoms with E-state index in [0.29, 0.717) is 10.7 Å². The molecule has 2 aromatic rings. The number of benzene rings is 2. The summed E-state index contributed by atoms with van der Waals surface area (Å²) in [5.74, 6) is -0.256. The second-order valence-electron chi connectivity index (χ2n) is 4.80. The van der Waals surface area contributed by atoms with E-state index in [-0.39, 0.29) is 16.6 Å². The summed E-state index contributed by atoms with van der Waals surface area (Å²) in [5.41, 5.74) is 1.39. The Kier molecular flexibility index (Phi) is 5.58. The first-order valence-electron chi connectivity index (χ1n) is 6.98. The number of amides is 1. The molecule has 120 valence electrons. The summed E-state index contributed by atoms with van der Waals surface area (Å²) in [5, 5.41) is 3.31. The van der Waals surface area contributed by atoms with Gasteiger partial charge in [-0.1, -0.05) is 30.7 Å². The molecule has 0 aliphatic heterocycles. The second-order valence-corrected chi connectivity index (χ2v) is 7.52. The van der Waals surface area contributed by atoms with Gasteiger partial charge >= 0.3 is 0 Å². The lowest BCUT2D eigenvalue weighted by Gasteiger charge is -2.04. The van der Waals surface area contributed by atoms with E-state index in [1.807, 2.05) is 0 Å². The molecule has 2 rings (SSSR count). The van der Waals surface area contributed by atoms with Crippen molar-refractivity contribution >= 4 is 39.1 Å². The number of hydrogen-bond donors (Lipinski definition) is 1.